The Bertz CT molecular complexity index is 563. The van der Waals surface area contributed by atoms with Crippen molar-refractivity contribution >= 4 is 5.91 Å². The zero-order valence-electron chi connectivity index (χ0n) is 14.3. The first-order valence-corrected chi connectivity index (χ1v) is 8.56. The van der Waals surface area contributed by atoms with Crippen LogP contribution in [0.25, 0.3) is 0 Å². The summed E-state index contributed by atoms with van der Waals surface area (Å²) in [4.78, 5) is 21.9. The van der Waals surface area contributed by atoms with E-state index in [1.54, 1.807) is 7.11 Å². The van der Waals surface area contributed by atoms with E-state index in [0.717, 1.165) is 63.4 Å². The molecule has 3 rings (SSSR count). The summed E-state index contributed by atoms with van der Waals surface area (Å²) in [5.41, 5.74) is 1.98. The molecular weight excluding hydrogens is 290 g/mol. The molecule has 2 aliphatic heterocycles. The predicted octanol–water partition coefficient (Wildman–Crippen LogP) is 1.85. The average molecular weight is 317 g/mol. The second kappa shape index (κ2) is 6.97. The minimum Gasteiger partial charge on any atom is -0.383 e. The maximum Gasteiger partial charge on any atom is 0.230 e. The van der Waals surface area contributed by atoms with Gasteiger partial charge in [-0.2, -0.15) is 0 Å². The second-order valence-electron chi connectivity index (χ2n) is 6.90. The molecule has 1 aromatic heterocycles. The van der Waals surface area contributed by atoms with Crippen molar-refractivity contribution in [2.24, 2.45) is 5.41 Å². The van der Waals surface area contributed by atoms with E-state index in [0.29, 0.717) is 12.5 Å². The Hall–Kier alpha value is -1.46. The Morgan fingerprint density at radius 3 is 2.96 bits per heavy atom. The SMILES string of the molecule is COCCN1CCCC2(CCN(Cc3cccc(C)n3)C2)C1=O. The molecule has 1 unspecified atom stereocenters. The average Bonchev–Trinajstić information content (AvgIpc) is 2.93. The van der Waals surface area contributed by atoms with Crippen molar-refractivity contribution in [3.05, 3.63) is 29.6 Å². The normalized spacial score (nSPS) is 25.5. The number of likely N-dealkylation sites (tertiary alicyclic amines) is 2. The smallest absolute Gasteiger partial charge is 0.230 e. The van der Waals surface area contributed by atoms with E-state index in [1.807, 2.05) is 17.9 Å². The highest BCUT2D eigenvalue weighted by atomic mass is 16.5. The lowest BCUT2D eigenvalue weighted by Crippen LogP contribution is -2.50. The third-order valence-electron chi connectivity index (χ3n) is 5.15. The first-order chi connectivity index (χ1) is 11.1. The Balaban J connectivity index is 1.64. The molecule has 5 nitrogen and oxygen atoms in total. The van der Waals surface area contributed by atoms with Crippen LogP contribution in [0.5, 0.6) is 0 Å². The number of carbonyl (C=O) groups is 1. The van der Waals surface area contributed by atoms with Crippen LogP contribution in [0.2, 0.25) is 0 Å². The molecule has 1 amide bonds. The zero-order valence-corrected chi connectivity index (χ0v) is 14.3. The summed E-state index contributed by atoms with van der Waals surface area (Å²) in [5, 5.41) is 0. The standard InChI is InChI=1S/C18H27N3O2/c1-15-5-3-6-16(19-15)13-20-10-8-18(14-20)7-4-9-21(17(18)22)11-12-23-2/h3,5-6H,4,7-14H2,1-2H3. The van der Waals surface area contributed by atoms with Crippen LogP contribution >= 0.6 is 0 Å². The fourth-order valence-electron chi connectivity index (χ4n) is 3.96. The largest absolute Gasteiger partial charge is 0.383 e. The van der Waals surface area contributed by atoms with Crippen LogP contribution in [0.1, 0.15) is 30.7 Å². The van der Waals surface area contributed by atoms with Crippen LogP contribution in [-0.4, -0.2) is 60.6 Å². The number of pyridine rings is 1. The number of aromatic nitrogens is 1. The number of piperidine rings is 1. The minimum atomic E-state index is -0.171. The first kappa shape index (κ1) is 16.4. The molecule has 5 heteroatoms. The minimum absolute atomic E-state index is 0.171. The maximum absolute atomic E-state index is 12.9. The van der Waals surface area contributed by atoms with Crippen LogP contribution in [0.15, 0.2) is 18.2 Å². The molecule has 0 aliphatic carbocycles. The van der Waals surface area contributed by atoms with Gasteiger partial charge in [0.1, 0.15) is 0 Å². The highest BCUT2D eigenvalue weighted by molar-refractivity contribution is 5.84. The van der Waals surface area contributed by atoms with Gasteiger partial charge in [-0.15, -0.1) is 0 Å². The zero-order chi connectivity index (χ0) is 16.3. The van der Waals surface area contributed by atoms with Gasteiger partial charge in [-0.1, -0.05) is 6.07 Å². The molecule has 0 aromatic carbocycles. The summed E-state index contributed by atoms with van der Waals surface area (Å²) < 4.78 is 5.14. The maximum atomic E-state index is 12.9. The van der Waals surface area contributed by atoms with Crippen LogP contribution in [0.3, 0.4) is 0 Å². The van der Waals surface area contributed by atoms with E-state index < -0.39 is 0 Å². The molecule has 2 saturated heterocycles. The molecule has 0 N–H and O–H groups in total. The summed E-state index contributed by atoms with van der Waals surface area (Å²) in [5.74, 6) is 0.334. The lowest BCUT2D eigenvalue weighted by Gasteiger charge is -2.39. The molecule has 3 heterocycles. The van der Waals surface area contributed by atoms with Crippen molar-refractivity contribution in [3.8, 4) is 0 Å². The van der Waals surface area contributed by atoms with Crippen LogP contribution in [-0.2, 0) is 16.1 Å². The van der Waals surface area contributed by atoms with Crippen LogP contribution in [0, 0.1) is 12.3 Å². The molecule has 0 bridgehead atoms. The molecular formula is C18H27N3O2. The van der Waals surface area contributed by atoms with E-state index in [1.165, 1.54) is 0 Å². The number of amides is 1. The lowest BCUT2D eigenvalue weighted by molar-refractivity contribution is -0.146. The van der Waals surface area contributed by atoms with Crippen molar-refractivity contribution in [2.75, 3.05) is 39.9 Å². The van der Waals surface area contributed by atoms with Crippen molar-refractivity contribution in [1.29, 1.82) is 0 Å². The molecule has 23 heavy (non-hydrogen) atoms. The number of hydrogen-bond acceptors (Lipinski definition) is 4. The fraction of sp³-hybridized carbons (Fsp3) is 0.667. The van der Waals surface area contributed by atoms with Gasteiger partial charge in [0, 0.05) is 39.0 Å². The summed E-state index contributed by atoms with van der Waals surface area (Å²) in [6.07, 6.45) is 3.10. The lowest BCUT2D eigenvalue weighted by atomic mass is 9.78. The fourth-order valence-corrected chi connectivity index (χ4v) is 3.96. The van der Waals surface area contributed by atoms with Gasteiger partial charge in [-0.25, -0.2) is 0 Å². The summed E-state index contributed by atoms with van der Waals surface area (Å²) in [6.45, 7) is 6.94. The number of hydrogen-bond donors (Lipinski definition) is 0. The molecule has 2 fully saturated rings. The van der Waals surface area contributed by atoms with Gasteiger partial charge in [0.2, 0.25) is 5.91 Å². The van der Waals surface area contributed by atoms with Gasteiger partial charge in [-0.3, -0.25) is 14.7 Å². The van der Waals surface area contributed by atoms with E-state index in [4.69, 9.17) is 4.74 Å². The second-order valence-corrected chi connectivity index (χ2v) is 6.90. The van der Waals surface area contributed by atoms with E-state index >= 15 is 0 Å². The summed E-state index contributed by atoms with van der Waals surface area (Å²) in [6, 6.07) is 6.15. The Labute approximate surface area is 138 Å². The van der Waals surface area contributed by atoms with Crippen molar-refractivity contribution in [3.63, 3.8) is 0 Å². The molecule has 0 radical (unpaired) electrons. The Kier molecular flexibility index (Phi) is 4.97. The van der Waals surface area contributed by atoms with Gasteiger partial charge >= 0.3 is 0 Å². The molecule has 0 saturated carbocycles. The molecule has 1 spiro atoms. The third-order valence-corrected chi connectivity index (χ3v) is 5.15. The highest BCUT2D eigenvalue weighted by Crippen LogP contribution is 2.40. The monoisotopic (exact) mass is 317 g/mol. The van der Waals surface area contributed by atoms with Gasteiger partial charge in [0.05, 0.1) is 17.7 Å². The number of ether oxygens (including phenoxy) is 1. The Morgan fingerprint density at radius 2 is 2.17 bits per heavy atom. The predicted molar refractivity (Wildman–Crippen MR) is 89.0 cm³/mol. The van der Waals surface area contributed by atoms with Crippen molar-refractivity contribution in [1.82, 2.24) is 14.8 Å². The number of methoxy groups -OCH3 is 1. The molecule has 126 valence electrons. The molecule has 2 aliphatic rings. The molecule has 1 aromatic rings. The van der Waals surface area contributed by atoms with Crippen LogP contribution < -0.4 is 0 Å². The van der Waals surface area contributed by atoms with E-state index in [9.17, 15) is 4.79 Å². The third kappa shape index (κ3) is 3.56. The van der Waals surface area contributed by atoms with Crippen molar-refractivity contribution in [2.45, 2.75) is 32.7 Å². The van der Waals surface area contributed by atoms with E-state index in [-0.39, 0.29) is 5.41 Å². The van der Waals surface area contributed by atoms with Gasteiger partial charge in [0.15, 0.2) is 0 Å². The first-order valence-electron chi connectivity index (χ1n) is 8.56. The molecule has 1 atom stereocenters. The van der Waals surface area contributed by atoms with E-state index in [2.05, 4.69) is 22.0 Å². The van der Waals surface area contributed by atoms with Gasteiger partial charge in [-0.05, 0) is 44.9 Å². The van der Waals surface area contributed by atoms with Gasteiger partial charge in [0.25, 0.3) is 0 Å². The quantitative estimate of drug-likeness (QED) is 0.831. The topological polar surface area (TPSA) is 45.7 Å². The number of nitrogens with zero attached hydrogens (tertiary/aromatic N) is 3. The van der Waals surface area contributed by atoms with Crippen molar-refractivity contribution < 1.29 is 9.53 Å². The van der Waals surface area contributed by atoms with Gasteiger partial charge < -0.3 is 9.64 Å². The summed E-state index contributed by atoms with van der Waals surface area (Å²) in [7, 11) is 1.69. The van der Waals surface area contributed by atoms with Crippen LogP contribution in [0.4, 0.5) is 0 Å². The number of carbonyl (C=O) groups excluding carboxylic acids is 1. The Morgan fingerprint density at radius 1 is 1.30 bits per heavy atom. The highest BCUT2D eigenvalue weighted by Gasteiger charge is 2.48. The number of aryl methyl sites for hydroxylation is 1. The number of rotatable bonds is 5. The summed E-state index contributed by atoms with van der Waals surface area (Å²) >= 11 is 0.